The molecule has 1 aliphatic carbocycles. The monoisotopic (exact) mass is 1140 g/mol. The minimum absolute atomic E-state index is 0.0462. The van der Waals surface area contributed by atoms with Gasteiger partial charge in [-0.3, -0.25) is 4.57 Å². The Labute approximate surface area is 525 Å². The fourth-order valence-electron chi connectivity index (χ4n) is 14.2. The maximum absolute atomic E-state index is 9.13. The lowest BCUT2D eigenvalue weighted by molar-refractivity contribution is 0.483. The van der Waals surface area contributed by atoms with Gasteiger partial charge in [0.25, 0.3) is 0 Å². The number of anilines is 7. The first-order valence-corrected chi connectivity index (χ1v) is 30.2. The molecule has 2 aromatic heterocycles. The highest BCUT2D eigenvalue weighted by Gasteiger charge is 2.52. The van der Waals surface area contributed by atoms with Gasteiger partial charge < -0.3 is 19.4 Å². The normalized spacial score (nSPS) is 15.1. The molecule has 0 amide bonds. The Bertz CT molecular complexity index is 5230. The molecular weight excluding hydrogens is 1070 g/mol. The van der Waals surface area contributed by atoms with E-state index >= 15 is 0 Å². The van der Waals surface area contributed by atoms with E-state index in [4.69, 9.17) is 14.3 Å². The number of hydrogen-bond donors (Lipinski definition) is 0. The van der Waals surface area contributed by atoms with Gasteiger partial charge in [0.1, 0.15) is 24.0 Å². The molecule has 0 saturated heterocycles. The molecule has 0 atom stereocenters. The van der Waals surface area contributed by atoms with Crippen molar-refractivity contribution >= 4 is 61.6 Å². The van der Waals surface area contributed by atoms with Crippen molar-refractivity contribution in [2.45, 2.75) is 64.6 Å². The lowest BCUT2D eigenvalue weighted by atomic mass is 9.64. The third kappa shape index (κ3) is 8.26. The molecule has 3 aliphatic rings. The summed E-state index contributed by atoms with van der Waals surface area (Å²) in [6.07, 6.45) is 1.41. The molecule has 88 heavy (non-hydrogen) atoms. The van der Waals surface area contributed by atoms with Crippen molar-refractivity contribution in [2.24, 2.45) is 0 Å². The van der Waals surface area contributed by atoms with E-state index in [1.54, 1.807) is 22.8 Å². The van der Waals surface area contributed by atoms with Gasteiger partial charge in [-0.1, -0.05) is 211 Å². The fourth-order valence-corrected chi connectivity index (χ4v) is 14.2. The van der Waals surface area contributed by atoms with Crippen LogP contribution < -0.4 is 19.4 Å². The first-order valence-electron chi connectivity index (χ1n) is 33.7. The van der Waals surface area contributed by atoms with Gasteiger partial charge in [0.15, 0.2) is 0 Å². The number of hydrogen-bond acceptors (Lipinski definition) is 5. The second-order valence-corrected chi connectivity index (χ2v) is 25.5. The Balaban J connectivity index is 0.867. The van der Waals surface area contributed by atoms with Crippen molar-refractivity contribution in [3.63, 3.8) is 0 Å². The van der Waals surface area contributed by atoms with Gasteiger partial charge in [0.05, 0.1) is 50.4 Å². The Kier molecular flexibility index (Phi) is 10.5. The Morgan fingerprint density at radius 2 is 1.06 bits per heavy atom. The Hall–Kier alpha value is -10.4. The van der Waals surface area contributed by atoms with Crippen molar-refractivity contribution in [2.75, 3.05) is 21.4 Å². The molecule has 0 radical (unpaired) electrons. The summed E-state index contributed by atoms with van der Waals surface area (Å²) in [6.45, 7) is 11.8. The summed E-state index contributed by atoms with van der Waals surface area (Å²) in [7, 11) is 0. The van der Waals surface area contributed by atoms with Gasteiger partial charge in [-0.2, -0.15) is 0 Å². The second kappa shape index (κ2) is 20.1. The summed E-state index contributed by atoms with van der Waals surface area (Å²) in [5, 5.41) is 0.826. The molecule has 11 aromatic carbocycles. The standard InChI is InChI=1S/C82H67N5O/c1-53-44-45-83-77(46-53)87-71-37-16-12-28-62(71)63-43-42-60(51-76(63)87)88-59-27-21-26-58(50-59)84-52-85(75-41-20-19-40-74(75)84)79-61(54-47-55(80(2,3)4)49-56(48-54)81(5,6)7)30-22-32-65(79)64-31-23-36-70-78(64)66-29-11-13-33-67(66)82(70)68-34-14-17-38-72(68)86(57-24-9-8-10-25-57)73-39-18-15-35-69(73)82/h8-51H,52H2,1-7H3/i1D3,12D,16D,28D,37D. The largest absolute Gasteiger partial charge is 0.457 e. The predicted molar refractivity (Wildman–Crippen MR) is 366 cm³/mol. The molecule has 1 spiro atoms. The lowest BCUT2D eigenvalue weighted by Crippen LogP contribution is -2.36. The number of nitrogens with zero attached hydrogens (tertiary/aromatic N) is 5. The molecule has 0 fully saturated rings. The van der Waals surface area contributed by atoms with Gasteiger partial charge in [-0.15, -0.1) is 0 Å². The van der Waals surface area contributed by atoms with Crippen molar-refractivity contribution in [3.05, 3.63) is 306 Å². The summed E-state index contributed by atoms with van der Waals surface area (Å²) in [6, 6.07) is 82.5. The van der Waals surface area contributed by atoms with E-state index in [2.05, 4.69) is 249 Å². The Morgan fingerprint density at radius 1 is 0.466 bits per heavy atom. The summed E-state index contributed by atoms with van der Waals surface area (Å²) in [4.78, 5) is 11.9. The number of ether oxygens (including phenoxy) is 1. The van der Waals surface area contributed by atoms with Crippen LogP contribution in [-0.4, -0.2) is 16.2 Å². The number of aromatic nitrogens is 2. The highest BCUT2D eigenvalue weighted by atomic mass is 16.5. The minimum Gasteiger partial charge on any atom is -0.457 e. The van der Waals surface area contributed by atoms with Gasteiger partial charge in [0, 0.05) is 55.7 Å². The molecule has 13 aromatic rings. The SMILES string of the molecule is [2H]c1c([2H])c([2H])c2c(c1[2H])c1ccc(Oc3cccc(N4CN(c5c(-c6cc(C(C)(C)C)cc(C(C)(C)C)c6)cccc5-c5cccc6c5-c5ccccc5C65c6ccccc6N(c6ccccc6)c6ccccc65)c5ccccc54)c3)cc1n2-c1cc(C([2H])([2H])[2H])ccn1. The van der Waals surface area contributed by atoms with Crippen molar-refractivity contribution in [1.82, 2.24) is 9.55 Å². The van der Waals surface area contributed by atoms with E-state index in [0.29, 0.717) is 34.5 Å². The third-order valence-corrected chi connectivity index (χ3v) is 18.2. The molecule has 0 bridgehead atoms. The highest BCUT2D eigenvalue weighted by molar-refractivity contribution is 6.10. The van der Waals surface area contributed by atoms with Crippen molar-refractivity contribution in [1.29, 1.82) is 0 Å². The molecule has 2 aliphatic heterocycles. The zero-order valence-corrected chi connectivity index (χ0v) is 49.9. The number of fused-ring (bicyclic) bond motifs is 13. The highest BCUT2D eigenvalue weighted by Crippen LogP contribution is 2.65. The molecule has 426 valence electrons. The maximum Gasteiger partial charge on any atom is 0.137 e. The molecule has 0 unspecified atom stereocenters. The van der Waals surface area contributed by atoms with Crippen LogP contribution >= 0.6 is 0 Å². The lowest BCUT2D eigenvalue weighted by Gasteiger charge is -2.45. The van der Waals surface area contributed by atoms with E-state index in [1.165, 1.54) is 62.8 Å². The Morgan fingerprint density at radius 3 is 1.80 bits per heavy atom. The molecule has 0 saturated carbocycles. The van der Waals surface area contributed by atoms with Crippen LogP contribution in [-0.2, 0) is 16.2 Å². The van der Waals surface area contributed by atoms with Crippen LogP contribution in [0.25, 0.3) is 61.0 Å². The number of para-hydroxylation sites is 7. The van der Waals surface area contributed by atoms with Gasteiger partial charge >= 0.3 is 0 Å². The van der Waals surface area contributed by atoms with Gasteiger partial charge in [-0.05, 0) is 158 Å². The molecule has 4 heterocycles. The molecule has 6 nitrogen and oxygen atoms in total. The van der Waals surface area contributed by atoms with Crippen LogP contribution in [0, 0.1) is 6.85 Å². The van der Waals surface area contributed by atoms with Crippen molar-refractivity contribution < 1.29 is 14.3 Å². The minimum atomic E-state index is -2.45. The first kappa shape index (κ1) is 45.9. The summed E-state index contributed by atoms with van der Waals surface area (Å²) < 4.78 is 68.6. The zero-order chi connectivity index (χ0) is 65.6. The average Bonchev–Trinajstić information content (AvgIpc) is 1.56. The quantitative estimate of drug-likeness (QED) is 0.152. The van der Waals surface area contributed by atoms with E-state index in [0.717, 1.165) is 62.1 Å². The summed E-state index contributed by atoms with van der Waals surface area (Å²) in [5.74, 6) is 1.18. The number of pyridine rings is 1. The van der Waals surface area contributed by atoms with Crippen LogP contribution in [0.2, 0.25) is 0 Å². The van der Waals surface area contributed by atoms with Crippen LogP contribution in [0.4, 0.5) is 39.8 Å². The molecule has 16 rings (SSSR count). The van der Waals surface area contributed by atoms with Crippen LogP contribution in [0.3, 0.4) is 0 Å². The predicted octanol–water partition coefficient (Wildman–Crippen LogP) is 21.6. The number of rotatable bonds is 8. The topological polar surface area (TPSA) is 36.8 Å². The molecule has 0 N–H and O–H groups in total. The zero-order valence-electron chi connectivity index (χ0n) is 56.9. The number of benzene rings is 11. The van der Waals surface area contributed by atoms with Crippen LogP contribution in [0.15, 0.2) is 267 Å². The van der Waals surface area contributed by atoms with Crippen LogP contribution in [0.1, 0.15) is 90.1 Å². The van der Waals surface area contributed by atoms with Crippen LogP contribution in [0.5, 0.6) is 11.5 Å². The summed E-state index contributed by atoms with van der Waals surface area (Å²) in [5.41, 5.74) is 21.5. The second-order valence-electron chi connectivity index (χ2n) is 25.5. The average molecular weight is 1150 g/mol. The smallest absolute Gasteiger partial charge is 0.137 e. The molecule has 6 heteroatoms. The van der Waals surface area contributed by atoms with Gasteiger partial charge in [-0.25, -0.2) is 4.98 Å². The van der Waals surface area contributed by atoms with Gasteiger partial charge in [0.2, 0.25) is 0 Å². The van der Waals surface area contributed by atoms with Crippen molar-refractivity contribution in [3.8, 4) is 50.7 Å². The van der Waals surface area contributed by atoms with E-state index in [1.807, 2.05) is 18.2 Å². The summed E-state index contributed by atoms with van der Waals surface area (Å²) >= 11 is 0. The van der Waals surface area contributed by atoms with E-state index < -0.39 is 18.3 Å². The molecular formula is C82H67N5O. The fraction of sp³-hybridized carbons (Fsp3) is 0.134. The maximum atomic E-state index is 9.13. The first-order chi connectivity index (χ1) is 45.7. The van der Waals surface area contributed by atoms with E-state index in [9.17, 15) is 0 Å². The number of aryl methyl sites for hydroxylation is 1. The third-order valence-electron chi connectivity index (χ3n) is 18.2. The van der Waals surface area contributed by atoms with E-state index in [-0.39, 0.29) is 45.9 Å².